The van der Waals surface area contributed by atoms with Crippen molar-refractivity contribution in [2.24, 2.45) is 0 Å². The second-order valence-corrected chi connectivity index (χ2v) is 7.30. The van der Waals surface area contributed by atoms with E-state index in [1.165, 1.54) is 13.2 Å². The molecule has 1 fully saturated rings. The third-order valence-corrected chi connectivity index (χ3v) is 5.15. The van der Waals surface area contributed by atoms with Gasteiger partial charge in [0.05, 0.1) is 28.7 Å². The molecule has 3 amide bonds. The lowest BCUT2D eigenvalue weighted by atomic mass is 10.1. The maximum atomic E-state index is 12.5. The standard InChI is InChI=1S/C20H14ClN3O4S/c1-28-16-7-6-14(9-15(16)21)23-18(25)11-24-19(26)17(29-20(24)27)8-12-2-4-13(10-22)5-3-12/h2-9H,11H2,1H3,(H,23,25). The van der Waals surface area contributed by atoms with Crippen LogP contribution in [0.3, 0.4) is 0 Å². The quantitative estimate of drug-likeness (QED) is 0.726. The van der Waals surface area contributed by atoms with Crippen molar-refractivity contribution in [3.05, 3.63) is 63.5 Å². The van der Waals surface area contributed by atoms with Gasteiger partial charge in [-0.15, -0.1) is 0 Å². The van der Waals surface area contributed by atoms with E-state index in [9.17, 15) is 14.4 Å². The predicted octanol–water partition coefficient (Wildman–Crippen LogP) is 3.90. The number of halogens is 1. The number of nitrogens with one attached hydrogen (secondary N) is 1. The number of rotatable bonds is 5. The van der Waals surface area contributed by atoms with Gasteiger partial charge in [-0.1, -0.05) is 23.7 Å². The van der Waals surface area contributed by atoms with Gasteiger partial charge >= 0.3 is 0 Å². The summed E-state index contributed by atoms with van der Waals surface area (Å²) in [5, 5.41) is 11.2. The number of ether oxygens (including phenoxy) is 1. The molecule has 29 heavy (non-hydrogen) atoms. The zero-order chi connectivity index (χ0) is 21.0. The molecular formula is C20H14ClN3O4S. The van der Waals surface area contributed by atoms with Gasteiger partial charge in [-0.25, -0.2) is 0 Å². The summed E-state index contributed by atoms with van der Waals surface area (Å²) in [6, 6.07) is 13.3. The minimum Gasteiger partial charge on any atom is -0.495 e. The molecule has 146 valence electrons. The molecule has 0 saturated carbocycles. The van der Waals surface area contributed by atoms with Crippen LogP contribution < -0.4 is 10.1 Å². The summed E-state index contributed by atoms with van der Waals surface area (Å²) in [6.07, 6.45) is 1.55. The molecule has 0 bridgehead atoms. The largest absolute Gasteiger partial charge is 0.495 e. The Morgan fingerprint density at radius 1 is 1.28 bits per heavy atom. The molecule has 1 saturated heterocycles. The van der Waals surface area contributed by atoms with Crippen molar-refractivity contribution >= 4 is 52.2 Å². The molecule has 9 heteroatoms. The second kappa shape index (κ2) is 8.82. The Kier molecular flexibility index (Phi) is 6.22. The van der Waals surface area contributed by atoms with E-state index in [1.54, 1.807) is 42.5 Å². The fraction of sp³-hybridized carbons (Fsp3) is 0.100. The lowest BCUT2D eigenvalue weighted by Crippen LogP contribution is -2.36. The maximum absolute atomic E-state index is 12.5. The molecule has 2 aromatic rings. The highest BCUT2D eigenvalue weighted by Gasteiger charge is 2.36. The number of carbonyl (C=O) groups excluding carboxylic acids is 3. The number of thioether (sulfide) groups is 1. The number of benzene rings is 2. The van der Waals surface area contributed by atoms with Gasteiger partial charge in [0.25, 0.3) is 11.1 Å². The third kappa shape index (κ3) is 4.77. The van der Waals surface area contributed by atoms with Gasteiger partial charge in [-0.3, -0.25) is 19.3 Å². The Hall–Kier alpha value is -3.28. The van der Waals surface area contributed by atoms with Crippen LogP contribution in [0.5, 0.6) is 5.75 Å². The average Bonchev–Trinajstić information content (AvgIpc) is 2.96. The predicted molar refractivity (Wildman–Crippen MR) is 110 cm³/mol. The monoisotopic (exact) mass is 427 g/mol. The highest BCUT2D eigenvalue weighted by atomic mass is 35.5. The molecule has 0 spiro atoms. The van der Waals surface area contributed by atoms with Crippen molar-refractivity contribution < 1.29 is 19.1 Å². The van der Waals surface area contributed by atoms with E-state index >= 15 is 0 Å². The number of carbonyl (C=O) groups is 3. The number of anilines is 1. The van der Waals surface area contributed by atoms with E-state index in [0.29, 0.717) is 27.6 Å². The van der Waals surface area contributed by atoms with Gasteiger partial charge < -0.3 is 10.1 Å². The average molecular weight is 428 g/mol. The molecule has 1 heterocycles. The second-order valence-electron chi connectivity index (χ2n) is 5.90. The molecular weight excluding hydrogens is 414 g/mol. The van der Waals surface area contributed by atoms with Crippen molar-refractivity contribution in [2.75, 3.05) is 19.0 Å². The molecule has 0 aliphatic carbocycles. The first-order valence-corrected chi connectivity index (χ1v) is 9.49. The summed E-state index contributed by atoms with van der Waals surface area (Å²) >= 11 is 6.78. The number of hydrogen-bond donors (Lipinski definition) is 1. The van der Waals surface area contributed by atoms with Gasteiger partial charge in [-0.05, 0) is 53.7 Å². The maximum Gasteiger partial charge on any atom is 0.294 e. The number of imide groups is 1. The molecule has 0 unspecified atom stereocenters. The van der Waals surface area contributed by atoms with Crippen molar-refractivity contribution in [3.8, 4) is 11.8 Å². The van der Waals surface area contributed by atoms with Crippen LogP contribution in [-0.2, 0) is 9.59 Å². The third-order valence-electron chi connectivity index (χ3n) is 3.95. The van der Waals surface area contributed by atoms with E-state index in [1.807, 2.05) is 6.07 Å². The van der Waals surface area contributed by atoms with Crippen LogP contribution >= 0.6 is 23.4 Å². The zero-order valence-electron chi connectivity index (χ0n) is 15.1. The first-order chi connectivity index (χ1) is 13.9. The Balaban J connectivity index is 1.68. The first-order valence-electron chi connectivity index (χ1n) is 8.30. The van der Waals surface area contributed by atoms with Crippen LogP contribution in [0.25, 0.3) is 6.08 Å². The molecule has 1 aliphatic rings. The van der Waals surface area contributed by atoms with Gasteiger partial charge in [0, 0.05) is 5.69 Å². The number of methoxy groups -OCH3 is 1. The van der Waals surface area contributed by atoms with Crippen molar-refractivity contribution in [3.63, 3.8) is 0 Å². The lowest BCUT2D eigenvalue weighted by Gasteiger charge is -2.13. The van der Waals surface area contributed by atoms with E-state index in [2.05, 4.69) is 5.32 Å². The topological polar surface area (TPSA) is 99.5 Å². The Morgan fingerprint density at radius 2 is 2.00 bits per heavy atom. The molecule has 0 radical (unpaired) electrons. The van der Waals surface area contributed by atoms with Gasteiger partial charge in [0.1, 0.15) is 12.3 Å². The Morgan fingerprint density at radius 3 is 2.62 bits per heavy atom. The fourth-order valence-corrected chi connectivity index (χ4v) is 3.63. The number of amides is 3. The molecule has 1 N–H and O–H groups in total. The van der Waals surface area contributed by atoms with Crippen molar-refractivity contribution in [1.82, 2.24) is 4.90 Å². The molecule has 1 aliphatic heterocycles. The Bertz CT molecular complexity index is 1060. The van der Waals surface area contributed by atoms with Crippen LogP contribution in [0.15, 0.2) is 47.4 Å². The van der Waals surface area contributed by atoms with Crippen LogP contribution in [0, 0.1) is 11.3 Å². The zero-order valence-corrected chi connectivity index (χ0v) is 16.7. The summed E-state index contributed by atoms with van der Waals surface area (Å²) in [7, 11) is 1.48. The van der Waals surface area contributed by atoms with Gasteiger partial charge in [-0.2, -0.15) is 5.26 Å². The smallest absolute Gasteiger partial charge is 0.294 e. The van der Waals surface area contributed by atoms with E-state index in [-0.39, 0.29) is 4.91 Å². The molecule has 3 rings (SSSR count). The summed E-state index contributed by atoms with van der Waals surface area (Å²) < 4.78 is 5.05. The number of hydrogen-bond acceptors (Lipinski definition) is 6. The van der Waals surface area contributed by atoms with Crippen LogP contribution in [0.4, 0.5) is 10.5 Å². The normalized spacial score (nSPS) is 14.8. The number of nitrogens with zero attached hydrogens (tertiary/aromatic N) is 2. The molecule has 0 atom stereocenters. The minimum atomic E-state index is -0.549. The lowest BCUT2D eigenvalue weighted by molar-refractivity contribution is -0.127. The fourth-order valence-electron chi connectivity index (χ4n) is 2.53. The summed E-state index contributed by atoms with van der Waals surface area (Å²) in [5.41, 5.74) is 1.58. The van der Waals surface area contributed by atoms with E-state index < -0.39 is 23.6 Å². The summed E-state index contributed by atoms with van der Waals surface area (Å²) in [4.78, 5) is 38.0. The molecule has 0 aromatic heterocycles. The summed E-state index contributed by atoms with van der Waals surface area (Å²) in [5.74, 6) is -0.621. The van der Waals surface area contributed by atoms with Gasteiger partial charge in [0.2, 0.25) is 5.91 Å². The van der Waals surface area contributed by atoms with Crippen LogP contribution in [0.1, 0.15) is 11.1 Å². The molecule has 7 nitrogen and oxygen atoms in total. The van der Waals surface area contributed by atoms with Crippen molar-refractivity contribution in [1.29, 1.82) is 5.26 Å². The Labute approximate surface area is 175 Å². The van der Waals surface area contributed by atoms with Gasteiger partial charge in [0.15, 0.2) is 0 Å². The van der Waals surface area contributed by atoms with Crippen molar-refractivity contribution in [2.45, 2.75) is 0 Å². The van der Waals surface area contributed by atoms with E-state index in [4.69, 9.17) is 21.6 Å². The summed E-state index contributed by atoms with van der Waals surface area (Å²) in [6.45, 7) is -0.418. The SMILES string of the molecule is COc1ccc(NC(=O)CN2C(=O)SC(=Cc3ccc(C#N)cc3)C2=O)cc1Cl. The first kappa shape index (κ1) is 20.5. The minimum absolute atomic E-state index is 0.208. The van der Waals surface area contributed by atoms with E-state index in [0.717, 1.165) is 16.7 Å². The van der Waals surface area contributed by atoms with Crippen LogP contribution in [0.2, 0.25) is 5.02 Å². The molecule has 2 aromatic carbocycles. The number of nitriles is 1. The highest BCUT2D eigenvalue weighted by molar-refractivity contribution is 8.18. The highest BCUT2D eigenvalue weighted by Crippen LogP contribution is 2.32. The van der Waals surface area contributed by atoms with Crippen LogP contribution in [-0.4, -0.2) is 35.6 Å².